The second-order valence-electron chi connectivity index (χ2n) is 26.0. The van der Waals surface area contributed by atoms with Gasteiger partial charge in [-0.3, -0.25) is 0 Å². The average Bonchev–Trinajstić information content (AvgIpc) is 3.65. The van der Waals surface area contributed by atoms with Crippen LogP contribution >= 0.6 is 0 Å². The Labute approximate surface area is 543 Å². The van der Waals surface area contributed by atoms with E-state index >= 15 is 0 Å². The molecular formula is C87H103N3. The molecule has 0 aliphatic heterocycles. The van der Waals surface area contributed by atoms with Crippen LogP contribution in [0, 0.1) is 25.2 Å². The Balaban J connectivity index is 1.17. The number of nitriles is 1. The Hall–Kier alpha value is -7.67. The predicted molar refractivity (Wildman–Crippen MR) is 388 cm³/mol. The normalized spacial score (nSPS) is 11.3. The van der Waals surface area contributed by atoms with Gasteiger partial charge in [-0.1, -0.05) is 295 Å². The maximum atomic E-state index is 9.97. The molecule has 0 fully saturated rings. The van der Waals surface area contributed by atoms with E-state index in [0.29, 0.717) is 5.56 Å². The number of nitrogens with zero attached hydrogens (tertiary/aromatic N) is 3. The number of hydrogen-bond acceptors (Lipinski definition) is 3. The number of unbranched alkanes of at least 4 members (excludes halogenated alkanes) is 20. The maximum absolute atomic E-state index is 9.97. The lowest BCUT2D eigenvalue weighted by molar-refractivity contribution is 0.605. The Bertz CT molecular complexity index is 3670. The van der Waals surface area contributed by atoms with E-state index in [2.05, 4.69) is 211 Å². The first-order valence-corrected chi connectivity index (χ1v) is 35.4. The van der Waals surface area contributed by atoms with Crippen molar-refractivity contribution in [3.05, 3.63) is 215 Å². The molecule has 90 heavy (non-hydrogen) atoms. The number of aryl methyl sites for hydroxylation is 6. The number of hydrogen-bond donors (Lipinski definition) is 0. The fraction of sp³-hybridized carbons (Fsp3) is 0.391. The standard InChI is InChI=1S/C87H103N3/c1-7-11-15-19-23-28-37-73-60-83(75(55-66(73)6)38-29-24-20-16-12-8-2)80-57-79(69-49-45-67(64-88)46-50-69)58-81(59-80)84-62-76(39-30-25-21-17-13-9-3)82(61-77(84)40-31-26-22-18-14-10-4)70-51-53-71(54-52-70)85-63-86(90-87(89-85)72-35-32-27-33-36-72)78-42-34-41-74(56-78)68-47-43-65(5)44-48-68/h27,32-36,41-63H,7-26,28-31,37-40H2,1-6H3. The molecule has 8 aromatic carbocycles. The second-order valence-corrected chi connectivity index (χ2v) is 26.0. The van der Waals surface area contributed by atoms with Crippen molar-refractivity contribution in [1.29, 1.82) is 5.26 Å². The van der Waals surface area contributed by atoms with Crippen LogP contribution in [0.5, 0.6) is 0 Å². The zero-order chi connectivity index (χ0) is 62.7. The van der Waals surface area contributed by atoms with E-state index < -0.39 is 0 Å². The summed E-state index contributed by atoms with van der Waals surface area (Å²) in [6.45, 7) is 13.8. The van der Waals surface area contributed by atoms with E-state index in [1.165, 1.54) is 225 Å². The SMILES string of the molecule is CCCCCCCCc1cc(-c2cc(-c3ccc(C#N)cc3)cc(-c3cc(CCCCCCCC)c(-c4ccc(-c5cc(-c6cccc(-c7ccc(C)cc7)c6)nc(-c6ccccc6)n5)cc4)cc3CCCCCCCC)c2)c(CCCCCCCC)cc1C. The highest BCUT2D eigenvalue weighted by Gasteiger charge is 2.20. The van der Waals surface area contributed by atoms with Gasteiger partial charge in [-0.2, -0.15) is 5.26 Å². The predicted octanol–water partition coefficient (Wildman–Crippen LogP) is 25.9. The number of benzene rings is 8. The van der Waals surface area contributed by atoms with Crippen molar-refractivity contribution in [2.75, 3.05) is 0 Å². The second kappa shape index (κ2) is 35.7. The minimum Gasteiger partial charge on any atom is -0.228 e. The van der Waals surface area contributed by atoms with Gasteiger partial charge in [0.1, 0.15) is 0 Å². The van der Waals surface area contributed by atoms with Crippen LogP contribution in [0.3, 0.4) is 0 Å². The average molecular weight is 1190 g/mol. The van der Waals surface area contributed by atoms with Gasteiger partial charge in [0, 0.05) is 16.7 Å². The molecule has 1 heterocycles. The Morgan fingerprint density at radius 3 is 1.19 bits per heavy atom. The summed E-state index contributed by atoms with van der Waals surface area (Å²) < 4.78 is 0. The summed E-state index contributed by atoms with van der Waals surface area (Å²) in [7, 11) is 0. The van der Waals surface area contributed by atoms with Crippen molar-refractivity contribution < 1.29 is 0 Å². The highest BCUT2D eigenvalue weighted by molar-refractivity contribution is 5.86. The Kier molecular flexibility index (Phi) is 26.4. The van der Waals surface area contributed by atoms with Gasteiger partial charge in [-0.25, -0.2) is 9.97 Å². The lowest BCUT2D eigenvalue weighted by atomic mass is 9.84. The van der Waals surface area contributed by atoms with E-state index in [4.69, 9.17) is 9.97 Å². The Morgan fingerprint density at radius 2 is 0.667 bits per heavy atom. The third-order valence-electron chi connectivity index (χ3n) is 18.8. The van der Waals surface area contributed by atoms with Crippen molar-refractivity contribution in [3.8, 4) is 95.6 Å². The molecule has 0 unspecified atom stereocenters. The minimum atomic E-state index is 0.692. The molecule has 3 nitrogen and oxygen atoms in total. The molecule has 0 saturated carbocycles. The third kappa shape index (κ3) is 19.2. The molecule has 3 heteroatoms. The van der Waals surface area contributed by atoms with Gasteiger partial charge in [0.2, 0.25) is 0 Å². The number of rotatable bonds is 36. The van der Waals surface area contributed by atoms with Gasteiger partial charge in [0.15, 0.2) is 5.82 Å². The molecule has 9 aromatic rings. The lowest BCUT2D eigenvalue weighted by Crippen LogP contribution is -2.01. The van der Waals surface area contributed by atoms with Crippen LogP contribution < -0.4 is 0 Å². The molecular weight excluding hydrogens is 1090 g/mol. The zero-order valence-electron chi connectivity index (χ0n) is 55.9. The summed E-state index contributed by atoms with van der Waals surface area (Å²) in [5.41, 5.74) is 26.9. The summed E-state index contributed by atoms with van der Waals surface area (Å²) in [4.78, 5) is 10.6. The lowest BCUT2D eigenvalue weighted by Gasteiger charge is -2.21. The van der Waals surface area contributed by atoms with Gasteiger partial charge < -0.3 is 0 Å². The van der Waals surface area contributed by atoms with Gasteiger partial charge in [-0.15, -0.1) is 0 Å². The summed E-state index contributed by atoms with van der Waals surface area (Å²) in [6, 6.07) is 68.1. The molecule has 0 aliphatic rings. The van der Waals surface area contributed by atoms with Crippen LogP contribution in [0.4, 0.5) is 0 Å². The van der Waals surface area contributed by atoms with Crippen LogP contribution in [-0.2, 0) is 25.7 Å². The molecule has 0 spiro atoms. The van der Waals surface area contributed by atoms with Crippen molar-refractivity contribution in [1.82, 2.24) is 9.97 Å². The van der Waals surface area contributed by atoms with E-state index in [1.807, 2.05) is 12.1 Å². The van der Waals surface area contributed by atoms with Gasteiger partial charge in [-0.05, 0) is 191 Å². The molecule has 0 radical (unpaired) electrons. The fourth-order valence-corrected chi connectivity index (χ4v) is 13.3. The highest BCUT2D eigenvalue weighted by atomic mass is 14.9. The van der Waals surface area contributed by atoms with Crippen LogP contribution in [0.15, 0.2) is 176 Å². The topological polar surface area (TPSA) is 49.6 Å². The Morgan fingerprint density at radius 1 is 0.289 bits per heavy atom. The van der Waals surface area contributed by atoms with E-state index in [1.54, 1.807) is 0 Å². The molecule has 0 atom stereocenters. The molecule has 0 amide bonds. The largest absolute Gasteiger partial charge is 0.228 e. The summed E-state index contributed by atoms with van der Waals surface area (Å²) in [5.74, 6) is 0.723. The third-order valence-corrected chi connectivity index (χ3v) is 18.8. The first kappa shape index (κ1) is 66.7. The van der Waals surface area contributed by atoms with Crippen LogP contribution in [0.25, 0.3) is 89.5 Å². The smallest absolute Gasteiger partial charge is 0.160 e. The molecule has 0 aliphatic carbocycles. The van der Waals surface area contributed by atoms with Crippen LogP contribution in [-0.4, -0.2) is 9.97 Å². The van der Waals surface area contributed by atoms with Crippen LogP contribution in [0.1, 0.15) is 221 Å². The highest BCUT2D eigenvalue weighted by Crippen LogP contribution is 2.41. The zero-order valence-corrected chi connectivity index (χ0v) is 55.9. The first-order valence-electron chi connectivity index (χ1n) is 35.4. The molecule has 0 N–H and O–H groups in total. The monoisotopic (exact) mass is 1190 g/mol. The van der Waals surface area contributed by atoms with Crippen molar-refractivity contribution in [2.24, 2.45) is 0 Å². The van der Waals surface area contributed by atoms with E-state index in [0.717, 1.165) is 78.0 Å². The molecule has 1 aromatic heterocycles. The van der Waals surface area contributed by atoms with Crippen molar-refractivity contribution in [2.45, 2.75) is 221 Å². The molecule has 0 saturated heterocycles. The first-order chi connectivity index (χ1) is 44.2. The molecule has 466 valence electrons. The van der Waals surface area contributed by atoms with Crippen molar-refractivity contribution >= 4 is 0 Å². The quantitative estimate of drug-likeness (QED) is 0.0368. The molecule has 9 rings (SSSR count). The minimum absolute atomic E-state index is 0.692. The fourth-order valence-electron chi connectivity index (χ4n) is 13.3. The van der Waals surface area contributed by atoms with Crippen LogP contribution in [0.2, 0.25) is 0 Å². The van der Waals surface area contributed by atoms with Gasteiger partial charge >= 0.3 is 0 Å². The molecule has 0 bridgehead atoms. The summed E-state index contributed by atoms with van der Waals surface area (Å²) in [5, 5.41) is 9.97. The van der Waals surface area contributed by atoms with Crippen molar-refractivity contribution in [3.63, 3.8) is 0 Å². The van der Waals surface area contributed by atoms with Gasteiger partial charge in [0.25, 0.3) is 0 Å². The van der Waals surface area contributed by atoms with E-state index in [-0.39, 0.29) is 0 Å². The van der Waals surface area contributed by atoms with E-state index in [9.17, 15) is 5.26 Å². The number of aromatic nitrogens is 2. The maximum Gasteiger partial charge on any atom is 0.160 e. The van der Waals surface area contributed by atoms with Gasteiger partial charge in [0.05, 0.1) is 23.0 Å². The summed E-state index contributed by atoms with van der Waals surface area (Å²) in [6.07, 6.45) is 34.8. The summed E-state index contributed by atoms with van der Waals surface area (Å²) >= 11 is 0.